The number of anilines is 1. The number of nitrogens with one attached hydrogen (secondary N) is 1. The van der Waals surface area contributed by atoms with Crippen molar-refractivity contribution in [2.24, 2.45) is 0 Å². The number of hydrogen-bond donors (Lipinski definition) is 1. The van der Waals surface area contributed by atoms with Gasteiger partial charge in [-0.2, -0.15) is 0 Å². The van der Waals surface area contributed by atoms with E-state index in [0.717, 1.165) is 44.6 Å². The van der Waals surface area contributed by atoms with Crippen molar-refractivity contribution in [1.29, 1.82) is 0 Å². The predicted molar refractivity (Wildman–Crippen MR) is 84.2 cm³/mol. The zero-order valence-corrected chi connectivity index (χ0v) is 12.8. The number of rotatable bonds is 3. The molecule has 1 saturated heterocycles. The second-order valence-electron chi connectivity index (χ2n) is 5.97. The van der Waals surface area contributed by atoms with Gasteiger partial charge in [-0.15, -0.1) is 0 Å². The topological polar surface area (TPSA) is 83.9 Å². The van der Waals surface area contributed by atoms with E-state index in [1.165, 1.54) is 23.7 Å². The van der Waals surface area contributed by atoms with Crippen LogP contribution in [-0.2, 0) is 12.8 Å². The third-order valence-electron chi connectivity index (χ3n) is 4.47. The van der Waals surface area contributed by atoms with Crippen LogP contribution in [-0.4, -0.2) is 45.0 Å². The summed E-state index contributed by atoms with van der Waals surface area (Å²) < 4.78 is 0. The maximum Gasteiger partial charge on any atom is 0.271 e. The molecule has 1 atom stereocenters. The second-order valence-corrected chi connectivity index (χ2v) is 5.97. The first kappa shape index (κ1) is 14.0. The van der Waals surface area contributed by atoms with Crippen LogP contribution in [0.2, 0.25) is 0 Å². The van der Waals surface area contributed by atoms with Crippen molar-refractivity contribution >= 4 is 11.7 Å². The first-order valence-corrected chi connectivity index (χ1v) is 7.96. The van der Waals surface area contributed by atoms with Crippen LogP contribution in [0.15, 0.2) is 24.9 Å². The minimum atomic E-state index is -0.169. The summed E-state index contributed by atoms with van der Waals surface area (Å²) in [5, 5.41) is 3.04. The van der Waals surface area contributed by atoms with Crippen LogP contribution < -0.4 is 10.2 Å². The third kappa shape index (κ3) is 2.74. The van der Waals surface area contributed by atoms with Gasteiger partial charge in [0.05, 0.1) is 6.20 Å². The van der Waals surface area contributed by atoms with Crippen molar-refractivity contribution in [3.8, 4) is 0 Å². The molecule has 118 valence electrons. The summed E-state index contributed by atoms with van der Waals surface area (Å²) in [5.41, 5.74) is 2.82. The SMILES string of the molecule is O=C(N[C@H]1CCN(c2ncnc3c2CCC3)C1)c1cnccn1. The average Bonchev–Trinajstić information content (AvgIpc) is 3.24. The largest absolute Gasteiger partial charge is 0.354 e. The lowest BCUT2D eigenvalue weighted by molar-refractivity contribution is 0.0935. The lowest BCUT2D eigenvalue weighted by Gasteiger charge is -2.20. The molecule has 4 rings (SSSR count). The van der Waals surface area contributed by atoms with Crippen molar-refractivity contribution in [1.82, 2.24) is 25.3 Å². The molecule has 1 fully saturated rings. The van der Waals surface area contributed by atoms with Gasteiger partial charge in [0.25, 0.3) is 5.91 Å². The zero-order valence-electron chi connectivity index (χ0n) is 12.8. The molecule has 2 aromatic rings. The minimum absolute atomic E-state index is 0.108. The van der Waals surface area contributed by atoms with Crippen molar-refractivity contribution in [3.63, 3.8) is 0 Å². The van der Waals surface area contributed by atoms with E-state index >= 15 is 0 Å². The van der Waals surface area contributed by atoms with E-state index in [2.05, 4.69) is 30.2 Å². The standard InChI is InChI=1S/C16H18N6O/c23-16(14-8-17-5-6-18-14)21-11-4-7-22(9-11)15-12-2-1-3-13(12)19-10-20-15/h5-6,8,10-11H,1-4,7,9H2,(H,21,23)/t11-/m0/s1. The van der Waals surface area contributed by atoms with Crippen molar-refractivity contribution < 1.29 is 4.79 Å². The van der Waals surface area contributed by atoms with Gasteiger partial charge in [0, 0.05) is 42.8 Å². The number of carbonyl (C=O) groups is 1. The van der Waals surface area contributed by atoms with Gasteiger partial charge in [0.15, 0.2) is 0 Å². The number of carbonyl (C=O) groups excluding carboxylic acids is 1. The first-order chi connectivity index (χ1) is 11.3. The van der Waals surface area contributed by atoms with Gasteiger partial charge in [0.1, 0.15) is 17.8 Å². The highest BCUT2D eigenvalue weighted by Crippen LogP contribution is 2.29. The predicted octanol–water partition coefficient (Wildman–Crippen LogP) is 0.764. The maximum absolute atomic E-state index is 12.2. The number of amides is 1. The molecule has 1 amide bonds. The van der Waals surface area contributed by atoms with Crippen molar-refractivity contribution in [2.45, 2.75) is 31.7 Å². The second kappa shape index (κ2) is 5.91. The Morgan fingerprint density at radius 3 is 3.04 bits per heavy atom. The summed E-state index contributed by atoms with van der Waals surface area (Å²) in [5.74, 6) is 0.876. The average molecular weight is 310 g/mol. The summed E-state index contributed by atoms with van der Waals surface area (Å²) >= 11 is 0. The molecule has 2 aromatic heterocycles. The summed E-state index contributed by atoms with van der Waals surface area (Å²) in [6, 6.07) is 0.108. The fourth-order valence-electron chi connectivity index (χ4n) is 3.36. The highest BCUT2D eigenvalue weighted by Gasteiger charge is 2.28. The number of fused-ring (bicyclic) bond motifs is 1. The molecular formula is C16H18N6O. The molecule has 7 heteroatoms. The quantitative estimate of drug-likeness (QED) is 0.901. The number of aromatic nitrogens is 4. The van der Waals surface area contributed by atoms with Gasteiger partial charge in [-0.3, -0.25) is 9.78 Å². The van der Waals surface area contributed by atoms with Gasteiger partial charge in [-0.1, -0.05) is 0 Å². The van der Waals surface area contributed by atoms with Crippen molar-refractivity contribution in [3.05, 3.63) is 41.9 Å². The monoisotopic (exact) mass is 310 g/mol. The Hall–Kier alpha value is -2.57. The fourth-order valence-corrected chi connectivity index (χ4v) is 3.36. The summed E-state index contributed by atoms with van der Waals surface area (Å²) in [6.07, 6.45) is 10.4. The lowest BCUT2D eigenvalue weighted by atomic mass is 10.2. The molecule has 0 saturated carbocycles. The fraction of sp³-hybridized carbons (Fsp3) is 0.438. The molecule has 0 bridgehead atoms. The van der Waals surface area contributed by atoms with Crippen LogP contribution >= 0.6 is 0 Å². The van der Waals surface area contributed by atoms with E-state index in [9.17, 15) is 4.79 Å². The van der Waals surface area contributed by atoms with Crippen LogP contribution in [0.25, 0.3) is 0 Å². The Morgan fingerprint density at radius 1 is 1.22 bits per heavy atom. The summed E-state index contributed by atoms with van der Waals surface area (Å²) in [4.78, 5) is 31.3. The molecule has 0 spiro atoms. The van der Waals surface area contributed by atoms with E-state index in [1.807, 2.05) is 0 Å². The third-order valence-corrected chi connectivity index (χ3v) is 4.47. The van der Waals surface area contributed by atoms with Gasteiger partial charge in [0.2, 0.25) is 0 Å². The van der Waals surface area contributed by atoms with Crippen LogP contribution in [0, 0.1) is 0 Å². The molecule has 0 aromatic carbocycles. The van der Waals surface area contributed by atoms with E-state index in [1.54, 1.807) is 12.5 Å². The Morgan fingerprint density at radius 2 is 2.17 bits per heavy atom. The Balaban J connectivity index is 1.44. The maximum atomic E-state index is 12.2. The Kier molecular flexibility index (Phi) is 3.61. The molecule has 0 radical (unpaired) electrons. The summed E-state index contributed by atoms with van der Waals surface area (Å²) in [6.45, 7) is 1.67. The Labute approximate surface area is 134 Å². The molecule has 7 nitrogen and oxygen atoms in total. The van der Waals surface area contributed by atoms with Gasteiger partial charge < -0.3 is 10.2 Å². The molecule has 2 aliphatic rings. The number of nitrogens with zero attached hydrogens (tertiary/aromatic N) is 5. The zero-order chi connectivity index (χ0) is 15.6. The highest BCUT2D eigenvalue weighted by atomic mass is 16.2. The van der Waals surface area contributed by atoms with E-state index < -0.39 is 0 Å². The van der Waals surface area contributed by atoms with Gasteiger partial charge >= 0.3 is 0 Å². The lowest BCUT2D eigenvalue weighted by Crippen LogP contribution is -2.37. The van der Waals surface area contributed by atoms with Gasteiger partial charge in [-0.25, -0.2) is 15.0 Å². The number of aryl methyl sites for hydroxylation is 1. The van der Waals surface area contributed by atoms with Crippen molar-refractivity contribution in [2.75, 3.05) is 18.0 Å². The first-order valence-electron chi connectivity index (χ1n) is 7.96. The molecule has 3 heterocycles. The van der Waals surface area contributed by atoms with Crippen LogP contribution in [0.5, 0.6) is 0 Å². The summed E-state index contributed by atoms with van der Waals surface area (Å²) in [7, 11) is 0. The molecule has 1 N–H and O–H groups in total. The van der Waals surface area contributed by atoms with Crippen LogP contribution in [0.1, 0.15) is 34.6 Å². The molecule has 1 aliphatic carbocycles. The van der Waals surface area contributed by atoms with E-state index in [0.29, 0.717) is 5.69 Å². The van der Waals surface area contributed by atoms with E-state index in [4.69, 9.17) is 0 Å². The molecular weight excluding hydrogens is 292 g/mol. The smallest absolute Gasteiger partial charge is 0.271 e. The molecule has 1 aliphatic heterocycles. The Bertz CT molecular complexity index is 720. The number of hydrogen-bond acceptors (Lipinski definition) is 6. The van der Waals surface area contributed by atoms with Crippen LogP contribution in [0.4, 0.5) is 5.82 Å². The van der Waals surface area contributed by atoms with Gasteiger partial charge in [-0.05, 0) is 25.7 Å². The van der Waals surface area contributed by atoms with E-state index in [-0.39, 0.29) is 11.9 Å². The molecule has 0 unspecified atom stereocenters. The highest BCUT2D eigenvalue weighted by molar-refractivity contribution is 5.92. The normalized spacial score (nSPS) is 19.7. The minimum Gasteiger partial charge on any atom is -0.354 e. The molecule has 23 heavy (non-hydrogen) atoms. The van der Waals surface area contributed by atoms with Crippen LogP contribution in [0.3, 0.4) is 0 Å².